The molecule has 2 aromatic heterocycles. The zero-order valence-electron chi connectivity index (χ0n) is 17.9. The minimum absolute atomic E-state index is 0.0514. The molecule has 0 bridgehead atoms. The van der Waals surface area contributed by atoms with Gasteiger partial charge < -0.3 is 10.1 Å². The number of fused-ring (bicyclic) bond motifs is 1. The molecule has 2 heterocycles. The fraction of sp³-hybridized carbons (Fsp3) is 0.350. The first-order chi connectivity index (χ1) is 14.4. The van der Waals surface area contributed by atoms with Crippen LogP contribution in [0.5, 0.6) is 0 Å². The molecule has 0 saturated heterocycles. The van der Waals surface area contributed by atoms with E-state index >= 15 is 0 Å². The lowest BCUT2D eigenvalue weighted by molar-refractivity contribution is 0.0526. The maximum Gasteiger partial charge on any atom is 0.343 e. The highest BCUT2D eigenvalue weighted by Gasteiger charge is 2.28. The van der Waals surface area contributed by atoms with Crippen molar-refractivity contribution in [1.29, 1.82) is 0 Å². The van der Waals surface area contributed by atoms with E-state index < -0.39 is 21.5 Å². The van der Waals surface area contributed by atoms with E-state index in [9.17, 15) is 13.2 Å². The molecule has 0 aliphatic rings. The van der Waals surface area contributed by atoms with Crippen LogP contribution >= 0.6 is 11.6 Å². The first-order valence-corrected chi connectivity index (χ1v) is 11.4. The van der Waals surface area contributed by atoms with Crippen molar-refractivity contribution in [2.75, 3.05) is 11.9 Å². The Morgan fingerprint density at radius 1 is 1.26 bits per heavy atom. The third-order valence-corrected chi connectivity index (χ3v) is 6.16. The zero-order valence-corrected chi connectivity index (χ0v) is 19.4. The van der Waals surface area contributed by atoms with Gasteiger partial charge in [-0.2, -0.15) is 9.61 Å². The summed E-state index contributed by atoms with van der Waals surface area (Å²) in [4.78, 5) is 16.6. The van der Waals surface area contributed by atoms with Crippen molar-refractivity contribution in [3.63, 3.8) is 0 Å². The van der Waals surface area contributed by atoms with Gasteiger partial charge in [0.15, 0.2) is 11.5 Å². The second-order valence-electron chi connectivity index (χ2n) is 7.95. The maximum atomic E-state index is 12.9. The lowest BCUT2D eigenvalue weighted by Gasteiger charge is -2.19. The Morgan fingerprint density at radius 3 is 2.58 bits per heavy atom. The number of benzene rings is 1. The summed E-state index contributed by atoms with van der Waals surface area (Å²) in [5, 5.41) is 7.68. The molecule has 1 aromatic carbocycles. The van der Waals surface area contributed by atoms with E-state index in [0.717, 1.165) is 5.56 Å². The summed E-state index contributed by atoms with van der Waals surface area (Å²) in [5.74, 6) is -0.443. The van der Waals surface area contributed by atoms with Gasteiger partial charge in [-0.25, -0.2) is 22.9 Å². The number of rotatable bonds is 6. The van der Waals surface area contributed by atoms with Gasteiger partial charge in [-0.05, 0) is 52.3 Å². The van der Waals surface area contributed by atoms with Gasteiger partial charge in [0.2, 0.25) is 10.0 Å². The van der Waals surface area contributed by atoms with Crippen LogP contribution in [-0.2, 0) is 14.8 Å². The molecule has 0 aliphatic carbocycles. The van der Waals surface area contributed by atoms with E-state index in [1.54, 1.807) is 39.8 Å². The topological polar surface area (TPSA) is 115 Å². The van der Waals surface area contributed by atoms with Crippen LogP contribution in [0, 0.1) is 6.92 Å². The van der Waals surface area contributed by atoms with Crippen molar-refractivity contribution in [2.45, 2.75) is 45.1 Å². The van der Waals surface area contributed by atoms with Crippen LogP contribution < -0.4 is 10.0 Å². The number of anilines is 2. The first-order valence-electron chi connectivity index (χ1n) is 9.54. The van der Waals surface area contributed by atoms with Gasteiger partial charge in [0.05, 0.1) is 23.5 Å². The molecule has 0 amide bonds. The normalized spacial score (nSPS) is 12.2. The molecule has 11 heteroatoms. The van der Waals surface area contributed by atoms with Crippen LogP contribution in [0.3, 0.4) is 0 Å². The monoisotopic (exact) mass is 465 g/mol. The van der Waals surface area contributed by atoms with Crippen LogP contribution in [0.15, 0.2) is 35.5 Å². The van der Waals surface area contributed by atoms with Crippen molar-refractivity contribution in [1.82, 2.24) is 19.3 Å². The van der Waals surface area contributed by atoms with Crippen LogP contribution in [0.1, 0.15) is 43.6 Å². The Bertz CT molecular complexity index is 1250. The Morgan fingerprint density at radius 2 is 1.97 bits per heavy atom. The summed E-state index contributed by atoms with van der Waals surface area (Å²) in [6.45, 7) is 8.94. The van der Waals surface area contributed by atoms with Crippen LogP contribution in [0.25, 0.3) is 5.65 Å². The molecule has 0 fully saturated rings. The lowest BCUT2D eigenvalue weighted by Crippen LogP contribution is -2.40. The smallest absolute Gasteiger partial charge is 0.343 e. The van der Waals surface area contributed by atoms with E-state index in [4.69, 9.17) is 16.3 Å². The van der Waals surface area contributed by atoms with E-state index in [2.05, 4.69) is 20.1 Å². The SMILES string of the molecule is CCOC(=O)c1cnc2c(S(=O)(=O)NC(C)(C)C)cnn2c1Nc1ccc(C)cc1Cl. The molecular weight excluding hydrogens is 442 g/mol. The van der Waals surface area contributed by atoms with E-state index in [1.165, 1.54) is 16.9 Å². The van der Waals surface area contributed by atoms with Crippen LogP contribution in [0.2, 0.25) is 5.02 Å². The Labute approximate surface area is 185 Å². The van der Waals surface area contributed by atoms with Gasteiger partial charge in [-0.15, -0.1) is 0 Å². The largest absolute Gasteiger partial charge is 0.462 e. The third kappa shape index (κ3) is 4.97. The molecule has 31 heavy (non-hydrogen) atoms. The van der Waals surface area contributed by atoms with Gasteiger partial charge >= 0.3 is 5.97 Å². The number of carbonyl (C=O) groups excluding carboxylic acids is 1. The molecule has 166 valence electrons. The molecule has 3 rings (SSSR count). The number of esters is 1. The second kappa shape index (κ2) is 8.45. The highest BCUT2D eigenvalue weighted by molar-refractivity contribution is 7.89. The predicted octanol–water partition coefficient (Wildman–Crippen LogP) is 3.69. The molecule has 0 aliphatic heterocycles. The van der Waals surface area contributed by atoms with Crippen molar-refractivity contribution in [2.24, 2.45) is 0 Å². The van der Waals surface area contributed by atoms with Gasteiger partial charge in [0.1, 0.15) is 10.5 Å². The van der Waals surface area contributed by atoms with Crippen molar-refractivity contribution < 1.29 is 17.9 Å². The number of aromatic nitrogens is 3. The number of halogens is 1. The van der Waals surface area contributed by atoms with Crippen molar-refractivity contribution >= 4 is 44.7 Å². The van der Waals surface area contributed by atoms with Crippen molar-refractivity contribution in [3.05, 3.63) is 46.7 Å². The quantitative estimate of drug-likeness (QED) is 0.533. The fourth-order valence-electron chi connectivity index (χ4n) is 2.89. The zero-order chi connectivity index (χ0) is 23.0. The Kier molecular flexibility index (Phi) is 6.26. The highest BCUT2D eigenvalue weighted by Crippen LogP contribution is 2.30. The number of hydrogen-bond donors (Lipinski definition) is 2. The summed E-state index contributed by atoms with van der Waals surface area (Å²) in [6, 6.07) is 5.36. The molecule has 0 atom stereocenters. The highest BCUT2D eigenvalue weighted by atomic mass is 35.5. The number of ether oxygens (including phenoxy) is 1. The summed E-state index contributed by atoms with van der Waals surface area (Å²) < 4.78 is 34.7. The molecule has 0 unspecified atom stereocenters. The summed E-state index contributed by atoms with van der Waals surface area (Å²) in [7, 11) is -3.91. The number of carbonyl (C=O) groups is 1. The molecule has 0 saturated carbocycles. The Balaban J connectivity index is 2.20. The van der Waals surface area contributed by atoms with Gasteiger partial charge in [0, 0.05) is 11.7 Å². The number of aryl methyl sites for hydroxylation is 1. The Hall–Kier alpha value is -2.69. The molecule has 3 aromatic rings. The first kappa shape index (κ1) is 23.0. The fourth-order valence-corrected chi connectivity index (χ4v) is 4.65. The molecule has 2 N–H and O–H groups in total. The average molecular weight is 466 g/mol. The number of nitrogens with zero attached hydrogens (tertiary/aromatic N) is 3. The van der Waals surface area contributed by atoms with Crippen molar-refractivity contribution in [3.8, 4) is 0 Å². The minimum Gasteiger partial charge on any atom is -0.462 e. The van der Waals surface area contributed by atoms with E-state index in [-0.39, 0.29) is 28.5 Å². The minimum atomic E-state index is -3.91. The summed E-state index contributed by atoms with van der Waals surface area (Å²) >= 11 is 6.34. The number of sulfonamides is 1. The second-order valence-corrected chi connectivity index (χ2v) is 10.0. The summed E-state index contributed by atoms with van der Waals surface area (Å²) in [5.41, 5.74) is 0.909. The predicted molar refractivity (Wildman–Crippen MR) is 118 cm³/mol. The number of nitrogens with one attached hydrogen (secondary N) is 2. The van der Waals surface area contributed by atoms with Gasteiger partial charge in [-0.3, -0.25) is 0 Å². The lowest BCUT2D eigenvalue weighted by atomic mass is 10.1. The van der Waals surface area contributed by atoms with E-state index in [0.29, 0.717) is 10.7 Å². The third-order valence-electron chi connectivity index (χ3n) is 4.10. The molecule has 9 nitrogen and oxygen atoms in total. The molecule has 0 radical (unpaired) electrons. The van der Waals surface area contributed by atoms with Gasteiger partial charge in [-0.1, -0.05) is 17.7 Å². The molecular formula is C20H24ClN5O4S. The van der Waals surface area contributed by atoms with Gasteiger partial charge in [0.25, 0.3) is 0 Å². The maximum absolute atomic E-state index is 12.9. The number of hydrogen-bond acceptors (Lipinski definition) is 7. The summed E-state index contributed by atoms with van der Waals surface area (Å²) in [6.07, 6.45) is 2.45. The van der Waals surface area contributed by atoms with Crippen LogP contribution in [-0.4, -0.2) is 41.1 Å². The standard InChI is InChI=1S/C20H24ClN5O4S/c1-6-30-19(27)13-10-22-18-16(31(28,29)25-20(3,4)5)11-23-26(18)17(13)24-15-8-7-12(2)9-14(15)21/h7-11,24-25H,6H2,1-5H3. The molecule has 0 spiro atoms. The average Bonchev–Trinajstić information content (AvgIpc) is 3.07. The van der Waals surface area contributed by atoms with E-state index in [1.807, 2.05) is 13.0 Å². The van der Waals surface area contributed by atoms with Crippen LogP contribution in [0.4, 0.5) is 11.5 Å².